The first-order valence-electron chi connectivity index (χ1n) is 7.31. The molecule has 2 aromatic rings. The second-order valence-corrected chi connectivity index (χ2v) is 5.49. The second-order valence-electron chi connectivity index (χ2n) is 5.08. The van der Waals surface area contributed by atoms with Crippen LogP contribution >= 0.6 is 11.6 Å². The van der Waals surface area contributed by atoms with Gasteiger partial charge in [-0.3, -0.25) is 4.79 Å². The van der Waals surface area contributed by atoms with Crippen LogP contribution in [-0.2, 0) is 16.0 Å². The van der Waals surface area contributed by atoms with Crippen molar-refractivity contribution in [1.82, 2.24) is 5.32 Å². The van der Waals surface area contributed by atoms with Crippen molar-refractivity contribution in [3.8, 4) is 5.75 Å². The van der Waals surface area contributed by atoms with Gasteiger partial charge in [0, 0.05) is 6.42 Å². The summed E-state index contributed by atoms with van der Waals surface area (Å²) in [6.45, 7) is 0. The third-order valence-electron chi connectivity index (χ3n) is 3.48. The Morgan fingerprint density at radius 1 is 1.12 bits per heavy atom. The molecule has 5 nitrogen and oxygen atoms in total. The van der Waals surface area contributed by atoms with Crippen LogP contribution in [0.3, 0.4) is 0 Å². The molecule has 0 aliphatic rings. The van der Waals surface area contributed by atoms with Gasteiger partial charge in [0.1, 0.15) is 11.8 Å². The minimum absolute atomic E-state index is 0.278. The molecule has 0 aliphatic heterocycles. The van der Waals surface area contributed by atoms with Crippen LogP contribution in [0.2, 0.25) is 5.02 Å². The minimum atomic E-state index is -0.828. The Morgan fingerprint density at radius 3 is 2.54 bits per heavy atom. The van der Waals surface area contributed by atoms with Crippen LogP contribution in [0.25, 0.3) is 0 Å². The topological polar surface area (TPSA) is 64.6 Å². The summed E-state index contributed by atoms with van der Waals surface area (Å²) in [5.41, 5.74) is 1.14. The van der Waals surface area contributed by atoms with E-state index >= 15 is 0 Å². The number of nitrogens with one attached hydrogen (secondary N) is 1. The summed E-state index contributed by atoms with van der Waals surface area (Å²) < 4.78 is 9.96. The normalized spacial score (nSPS) is 11.5. The van der Waals surface area contributed by atoms with E-state index < -0.39 is 17.9 Å². The van der Waals surface area contributed by atoms with Gasteiger partial charge >= 0.3 is 5.97 Å². The number of benzene rings is 2. The second kappa shape index (κ2) is 8.36. The molecule has 126 valence electrons. The largest absolute Gasteiger partial charge is 0.497 e. The number of halogens is 1. The molecule has 0 aliphatic carbocycles. The smallest absolute Gasteiger partial charge is 0.328 e. The molecule has 0 fully saturated rings. The Morgan fingerprint density at radius 2 is 1.88 bits per heavy atom. The van der Waals surface area contributed by atoms with Crippen LogP contribution < -0.4 is 10.1 Å². The number of rotatable bonds is 6. The maximum atomic E-state index is 12.4. The quantitative estimate of drug-likeness (QED) is 0.816. The number of hydrogen-bond donors (Lipinski definition) is 1. The SMILES string of the molecule is COC(=O)[C@H](Cc1cccc(OC)c1)NC(=O)c1ccccc1Cl. The van der Waals surface area contributed by atoms with E-state index in [-0.39, 0.29) is 6.42 Å². The summed E-state index contributed by atoms with van der Waals surface area (Å²) in [5.74, 6) is -0.286. The predicted octanol–water partition coefficient (Wildman–Crippen LogP) is 2.86. The van der Waals surface area contributed by atoms with Gasteiger partial charge < -0.3 is 14.8 Å². The maximum absolute atomic E-state index is 12.4. The van der Waals surface area contributed by atoms with Crippen molar-refractivity contribution in [3.05, 3.63) is 64.7 Å². The molecular formula is C18H18ClNO4. The van der Waals surface area contributed by atoms with E-state index in [1.165, 1.54) is 7.11 Å². The summed E-state index contributed by atoms with van der Waals surface area (Å²) in [6.07, 6.45) is 0.278. The van der Waals surface area contributed by atoms with Crippen LogP contribution in [-0.4, -0.2) is 32.1 Å². The lowest BCUT2D eigenvalue weighted by atomic mass is 10.0. The maximum Gasteiger partial charge on any atom is 0.328 e. The van der Waals surface area contributed by atoms with Crippen molar-refractivity contribution in [2.75, 3.05) is 14.2 Å². The Kier molecular flexibility index (Phi) is 6.21. The van der Waals surface area contributed by atoms with Crippen LogP contribution in [0.15, 0.2) is 48.5 Å². The van der Waals surface area contributed by atoms with Crippen molar-refractivity contribution in [1.29, 1.82) is 0 Å². The lowest BCUT2D eigenvalue weighted by Crippen LogP contribution is -2.43. The number of hydrogen-bond acceptors (Lipinski definition) is 4. The number of carbonyl (C=O) groups excluding carboxylic acids is 2. The van der Waals surface area contributed by atoms with Crippen molar-refractivity contribution < 1.29 is 19.1 Å². The molecule has 1 amide bonds. The first-order chi connectivity index (χ1) is 11.5. The molecule has 0 bridgehead atoms. The van der Waals surface area contributed by atoms with E-state index in [0.717, 1.165) is 5.56 Å². The number of methoxy groups -OCH3 is 2. The molecule has 1 atom stereocenters. The van der Waals surface area contributed by atoms with Crippen LogP contribution in [0.1, 0.15) is 15.9 Å². The van der Waals surface area contributed by atoms with E-state index in [1.807, 2.05) is 12.1 Å². The van der Waals surface area contributed by atoms with E-state index in [4.69, 9.17) is 21.1 Å². The third-order valence-corrected chi connectivity index (χ3v) is 3.81. The average molecular weight is 348 g/mol. The highest BCUT2D eigenvalue weighted by molar-refractivity contribution is 6.33. The summed E-state index contributed by atoms with van der Waals surface area (Å²) in [7, 11) is 2.85. The zero-order valence-corrected chi connectivity index (χ0v) is 14.2. The van der Waals surface area contributed by atoms with Gasteiger partial charge in [0.15, 0.2) is 0 Å². The fourth-order valence-corrected chi connectivity index (χ4v) is 2.47. The fourth-order valence-electron chi connectivity index (χ4n) is 2.25. The van der Waals surface area contributed by atoms with Gasteiger partial charge in [-0.2, -0.15) is 0 Å². The highest BCUT2D eigenvalue weighted by Gasteiger charge is 2.23. The molecule has 0 saturated heterocycles. The first kappa shape index (κ1) is 17.8. The summed E-state index contributed by atoms with van der Waals surface area (Å²) in [4.78, 5) is 24.4. The Balaban J connectivity index is 2.18. The van der Waals surface area contributed by atoms with E-state index in [1.54, 1.807) is 43.5 Å². The monoisotopic (exact) mass is 347 g/mol. The van der Waals surface area contributed by atoms with Crippen molar-refractivity contribution in [2.45, 2.75) is 12.5 Å². The molecule has 1 N–H and O–H groups in total. The molecule has 2 rings (SSSR count). The predicted molar refractivity (Wildman–Crippen MR) is 91.4 cm³/mol. The molecule has 2 aromatic carbocycles. The minimum Gasteiger partial charge on any atom is -0.497 e. The van der Waals surface area contributed by atoms with E-state index in [0.29, 0.717) is 16.3 Å². The Hall–Kier alpha value is -2.53. The molecule has 0 spiro atoms. The van der Waals surface area contributed by atoms with Gasteiger partial charge in [-0.15, -0.1) is 0 Å². The summed E-state index contributed by atoms with van der Waals surface area (Å²) >= 11 is 6.02. The average Bonchev–Trinajstić information content (AvgIpc) is 2.60. The van der Waals surface area contributed by atoms with Gasteiger partial charge in [0.05, 0.1) is 24.8 Å². The first-order valence-corrected chi connectivity index (χ1v) is 7.69. The highest BCUT2D eigenvalue weighted by Crippen LogP contribution is 2.17. The molecule has 0 saturated carbocycles. The lowest BCUT2D eigenvalue weighted by Gasteiger charge is -2.17. The zero-order valence-electron chi connectivity index (χ0n) is 13.4. The Labute approximate surface area is 145 Å². The van der Waals surface area contributed by atoms with E-state index in [2.05, 4.69) is 5.32 Å². The fraction of sp³-hybridized carbons (Fsp3) is 0.222. The van der Waals surface area contributed by atoms with Gasteiger partial charge in [0.2, 0.25) is 0 Å². The van der Waals surface area contributed by atoms with Crippen molar-refractivity contribution in [3.63, 3.8) is 0 Å². The molecule has 0 unspecified atom stereocenters. The molecular weight excluding hydrogens is 330 g/mol. The van der Waals surface area contributed by atoms with Crippen LogP contribution in [0.5, 0.6) is 5.75 Å². The van der Waals surface area contributed by atoms with Crippen LogP contribution in [0.4, 0.5) is 0 Å². The number of ether oxygens (including phenoxy) is 2. The van der Waals surface area contributed by atoms with Gasteiger partial charge in [-0.25, -0.2) is 4.79 Å². The Bertz CT molecular complexity index is 732. The summed E-state index contributed by atoms with van der Waals surface area (Å²) in [5, 5.41) is 2.99. The van der Waals surface area contributed by atoms with Gasteiger partial charge in [-0.05, 0) is 29.8 Å². The van der Waals surface area contributed by atoms with Gasteiger partial charge in [-0.1, -0.05) is 35.9 Å². The lowest BCUT2D eigenvalue weighted by molar-refractivity contribution is -0.142. The van der Waals surface area contributed by atoms with Crippen molar-refractivity contribution in [2.24, 2.45) is 0 Å². The van der Waals surface area contributed by atoms with Crippen molar-refractivity contribution >= 4 is 23.5 Å². The summed E-state index contributed by atoms with van der Waals surface area (Å²) in [6, 6.07) is 13.1. The highest BCUT2D eigenvalue weighted by atomic mass is 35.5. The number of esters is 1. The standard InChI is InChI=1S/C18H18ClNO4/c1-23-13-7-5-6-12(10-13)11-16(18(22)24-2)20-17(21)14-8-3-4-9-15(14)19/h3-10,16H,11H2,1-2H3,(H,20,21)/t16-/m0/s1. The molecule has 0 radical (unpaired) electrons. The number of carbonyl (C=O) groups is 2. The number of amides is 1. The zero-order chi connectivity index (χ0) is 17.5. The molecule has 24 heavy (non-hydrogen) atoms. The van der Waals surface area contributed by atoms with Crippen LogP contribution in [0, 0.1) is 0 Å². The van der Waals surface area contributed by atoms with Gasteiger partial charge in [0.25, 0.3) is 5.91 Å². The van der Waals surface area contributed by atoms with E-state index in [9.17, 15) is 9.59 Å². The molecule has 0 heterocycles. The molecule has 6 heteroatoms. The third kappa shape index (κ3) is 4.49. The molecule has 0 aromatic heterocycles.